The van der Waals surface area contributed by atoms with E-state index in [4.69, 9.17) is 10.4 Å². The minimum atomic E-state index is -0.247. The number of aromatic hydroxyl groups is 1. The second-order valence-electron chi connectivity index (χ2n) is 3.59. The van der Waals surface area contributed by atoms with Crippen LogP contribution in [0, 0.1) is 11.3 Å². The fraction of sp³-hybridized carbons (Fsp3) is 0.364. The molecule has 1 atom stereocenters. The van der Waals surface area contributed by atoms with Gasteiger partial charge in [0.25, 0.3) is 0 Å². The molecule has 1 aromatic rings. The monoisotopic (exact) mass is 188 g/mol. The van der Waals surface area contributed by atoms with Gasteiger partial charge in [-0.2, -0.15) is 5.26 Å². The van der Waals surface area contributed by atoms with Crippen molar-refractivity contribution in [3.8, 4) is 11.8 Å². The standard InChI is InChI=1S/C11H12N2O/c12-7-11(13-9-3-4-9)8-1-5-10(14)6-2-8/h1-2,5-6,9,11,13-14H,3-4H2/t11-/m1/s1. The molecule has 2 N–H and O–H groups in total. The summed E-state index contributed by atoms with van der Waals surface area (Å²) in [4.78, 5) is 0. The molecule has 0 unspecified atom stereocenters. The predicted molar refractivity (Wildman–Crippen MR) is 52.6 cm³/mol. The average Bonchev–Trinajstić information content (AvgIpc) is 3.00. The highest BCUT2D eigenvalue weighted by Gasteiger charge is 2.25. The molecule has 0 radical (unpaired) electrons. The van der Waals surface area contributed by atoms with Gasteiger partial charge >= 0.3 is 0 Å². The van der Waals surface area contributed by atoms with Crippen molar-refractivity contribution in [1.82, 2.24) is 5.32 Å². The number of phenols is 1. The maximum Gasteiger partial charge on any atom is 0.121 e. The summed E-state index contributed by atoms with van der Waals surface area (Å²) in [5.74, 6) is 0.233. The maximum absolute atomic E-state index is 9.10. The fourth-order valence-electron chi connectivity index (χ4n) is 1.36. The lowest BCUT2D eigenvalue weighted by Gasteiger charge is -2.10. The third kappa shape index (κ3) is 2.04. The molecule has 3 heteroatoms. The van der Waals surface area contributed by atoms with Crippen LogP contribution in [0.3, 0.4) is 0 Å². The van der Waals surface area contributed by atoms with E-state index in [9.17, 15) is 0 Å². The Morgan fingerprint density at radius 2 is 2.00 bits per heavy atom. The zero-order valence-electron chi connectivity index (χ0n) is 7.77. The molecule has 3 nitrogen and oxygen atoms in total. The van der Waals surface area contributed by atoms with Crippen LogP contribution in [0.2, 0.25) is 0 Å². The van der Waals surface area contributed by atoms with E-state index in [1.807, 2.05) is 0 Å². The highest BCUT2D eigenvalue weighted by Crippen LogP contribution is 2.24. The lowest BCUT2D eigenvalue weighted by Crippen LogP contribution is -2.21. The van der Waals surface area contributed by atoms with Gasteiger partial charge in [0.1, 0.15) is 11.8 Å². The highest BCUT2D eigenvalue weighted by atomic mass is 16.3. The van der Waals surface area contributed by atoms with Gasteiger partial charge in [-0.3, -0.25) is 5.32 Å². The molecular formula is C11H12N2O. The second kappa shape index (κ2) is 3.69. The number of benzene rings is 1. The predicted octanol–water partition coefficient (Wildman–Crippen LogP) is 1.71. The summed E-state index contributed by atoms with van der Waals surface area (Å²) in [5.41, 5.74) is 0.914. The third-order valence-electron chi connectivity index (χ3n) is 2.34. The van der Waals surface area contributed by atoms with Gasteiger partial charge in [0, 0.05) is 6.04 Å². The van der Waals surface area contributed by atoms with Gasteiger partial charge in [-0.05, 0) is 30.5 Å². The van der Waals surface area contributed by atoms with Gasteiger partial charge in [-0.15, -0.1) is 0 Å². The summed E-state index contributed by atoms with van der Waals surface area (Å²) in [6, 6.07) is 9.24. The molecule has 0 bridgehead atoms. The van der Waals surface area contributed by atoms with E-state index in [1.54, 1.807) is 24.3 Å². The van der Waals surface area contributed by atoms with Crippen molar-refractivity contribution >= 4 is 0 Å². The molecule has 2 rings (SSSR count). The van der Waals surface area contributed by atoms with Crippen LogP contribution in [0.1, 0.15) is 24.4 Å². The Hall–Kier alpha value is -1.53. The molecule has 1 aliphatic carbocycles. The number of hydrogen-bond acceptors (Lipinski definition) is 3. The Labute approximate surface area is 83.0 Å². The Morgan fingerprint density at radius 1 is 1.36 bits per heavy atom. The van der Waals surface area contributed by atoms with Crippen LogP contribution >= 0.6 is 0 Å². The summed E-state index contributed by atoms with van der Waals surface area (Å²) >= 11 is 0. The van der Waals surface area contributed by atoms with E-state index in [0.29, 0.717) is 6.04 Å². The van der Waals surface area contributed by atoms with E-state index in [-0.39, 0.29) is 11.8 Å². The number of hydrogen-bond donors (Lipinski definition) is 2. The van der Waals surface area contributed by atoms with Gasteiger partial charge in [-0.25, -0.2) is 0 Å². The van der Waals surface area contributed by atoms with Gasteiger partial charge in [0.2, 0.25) is 0 Å². The van der Waals surface area contributed by atoms with Crippen LogP contribution in [0.5, 0.6) is 5.75 Å². The second-order valence-corrected chi connectivity index (χ2v) is 3.59. The van der Waals surface area contributed by atoms with Gasteiger partial charge in [-0.1, -0.05) is 12.1 Å². The van der Waals surface area contributed by atoms with Crippen LogP contribution < -0.4 is 5.32 Å². The Bertz CT molecular complexity index is 349. The van der Waals surface area contributed by atoms with Gasteiger partial charge in [0.15, 0.2) is 0 Å². The topological polar surface area (TPSA) is 56.0 Å². The lowest BCUT2D eigenvalue weighted by molar-refractivity contribution is 0.474. The minimum absolute atomic E-state index is 0.233. The number of nitrogens with one attached hydrogen (secondary N) is 1. The fourth-order valence-corrected chi connectivity index (χ4v) is 1.36. The molecule has 0 amide bonds. The zero-order chi connectivity index (χ0) is 9.97. The van der Waals surface area contributed by atoms with Crippen LogP contribution in [-0.2, 0) is 0 Å². The Kier molecular flexibility index (Phi) is 2.38. The summed E-state index contributed by atoms with van der Waals surface area (Å²) in [6.07, 6.45) is 2.33. The average molecular weight is 188 g/mol. The largest absolute Gasteiger partial charge is 0.508 e. The van der Waals surface area contributed by atoms with Gasteiger partial charge in [0.05, 0.1) is 6.07 Å². The first-order chi connectivity index (χ1) is 6.79. The summed E-state index contributed by atoms with van der Waals surface area (Å²) in [7, 11) is 0. The maximum atomic E-state index is 9.10. The Balaban J connectivity index is 2.10. The molecule has 1 saturated carbocycles. The molecular weight excluding hydrogens is 176 g/mol. The molecule has 0 aromatic heterocycles. The van der Waals surface area contributed by atoms with Crippen LogP contribution in [0.4, 0.5) is 0 Å². The van der Waals surface area contributed by atoms with Crippen molar-refractivity contribution in [3.63, 3.8) is 0 Å². The molecule has 1 aromatic carbocycles. The molecule has 72 valence electrons. The lowest BCUT2D eigenvalue weighted by atomic mass is 10.1. The molecule has 0 saturated heterocycles. The SMILES string of the molecule is N#C[C@@H](NC1CC1)c1ccc(O)cc1. The van der Waals surface area contributed by atoms with Gasteiger partial charge < -0.3 is 5.11 Å². The number of phenolic OH excluding ortho intramolecular Hbond substituents is 1. The first-order valence-electron chi connectivity index (χ1n) is 4.74. The Morgan fingerprint density at radius 3 is 2.50 bits per heavy atom. The smallest absolute Gasteiger partial charge is 0.121 e. The van der Waals surface area contributed by atoms with E-state index in [1.165, 1.54) is 0 Å². The van der Waals surface area contributed by atoms with Crippen LogP contribution in [-0.4, -0.2) is 11.1 Å². The van der Waals surface area contributed by atoms with Crippen molar-refractivity contribution in [2.45, 2.75) is 24.9 Å². The van der Waals surface area contributed by atoms with Crippen molar-refractivity contribution in [2.75, 3.05) is 0 Å². The highest BCUT2D eigenvalue weighted by molar-refractivity contribution is 5.30. The normalized spacial score (nSPS) is 17.4. The van der Waals surface area contributed by atoms with Crippen LogP contribution in [0.25, 0.3) is 0 Å². The first kappa shape index (κ1) is 9.04. The quantitative estimate of drug-likeness (QED) is 0.759. The van der Waals surface area contributed by atoms with E-state index < -0.39 is 0 Å². The molecule has 1 aliphatic rings. The molecule has 14 heavy (non-hydrogen) atoms. The van der Waals surface area contributed by atoms with Crippen molar-refractivity contribution in [1.29, 1.82) is 5.26 Å². The minimum Gasteiger partial charge on any atom is -0.508 e. The molecule has 0 heterocycles. The third-order valence-corrected chi connectivity index (χ3v) is 2.34. The van der Waals surface area contributed by atoms with Crippen molar-refractivity contribution in [3.05, 3.63) is 29.8 Å². The van der Waals surface area contributed by atoms with Crippen molar-refractivity contribution in [2.24, 2.45) is 0 Å². The summed E-state index contributed by atoms with van der Waals surface area (Å²) < 4.78 is 0. The van der Waals surface area contributed by atoms with Crippen LogP contribution in [0.15, 0.2) is 24.3 Å². The molecule has 1 fully saturated rings. The molecule has 0 spiro atoms. The zero-order valence-corrected chi connectivity index (χ0v) is 7.77. The summed E-state index contributed by atoms with van der Waals surface area (Å²) in [6.45, 7) is 0. The van der Waals surface area contributed by atoms with E-state index in [2.05, 4.69) is 11.4 Å². The van der Waals surface area contributed by atoms with E-state index >= 15 is 0 Å². The summed E-state index contributed by atoms with van der Waals surface area (Å²) in [5, 5.41) is 21.3. The first-order valence-corrected chi connectivity index (χ1v) is 4.74. The van der Waals surface area contributed by atoms with E-state index in [0.717, 1.165) is 18.4 Å². The number of nitriles is 1. The number of nitrogens with zero attached hydrogens (tertiary/aromatic N) is 1. The van der Waals surface area contributed by atoms with Crippen molar-refractivity contribution < 1.29 is 5.11 Å². The number of rotatable bonds is 3. The molecule has 0 aliphatic heterocycles.